The number of hydrogen-bond acceptors (Lipinski definition) is 3. The lowest BCUT2D eigenvalue weighted by Gasteiger charge is -2.03. The first-order valence-corrected chi connectivity index (χ1v) is 7.46. The van der Waals surface area contributed by atoms with Crippen molar-refractivity contribution in [3.8, 4) is 5.75 Å². The van der Waals surface area contributed by atoms with Gasteiger partial charge in [-0.15, -0.1) is 0 Å². The molecule has 3 aromatic rings. The van der Waals surface area contributed by atoms with E-state index in [1.54, 1.807) is 17.5 Å². The van der Waals surface area contributed by atoms with Gasteiger partial charge in [-0.2, -0.15) is 11.3 Å². The van der Waals surface area contributed by atoms with E-state index in [2.05, 4.69) is 4.98 Å². The van der Waals surface area contributed by atoms with Crippen molar-refractivity contribution in [2.75, 3.05) is 6.61 Å². The smallest absolute Gasteiger partial charge is 0.196 e. The number of aryl methyl sites for hydroxylation is 1. The molecule has 2 aromatic heterocycles. The van der Waals surface area contributed by atoms with Crippen LogP contribution in [0.25, 0.3) is 10.9 Å². The zero-order valence-electron chi connectivity index (χ0n) is 11.4. The van der Waals surface area contributed by atoms with Crippen LogP contribution < -0.4 is 4.74 Å². The number of thiophene rings is 1. The number of H-pyrrole nitrogens is 1. The number of nitrogens with one attached hydrogen (secondary N) is 1. The van der Waals surface area contributed by atoms with E-state index in [9.17, 15) is 4.79 Å². The Morgan fingerprint density at radius 2 is 2.15 bits per heavy atom. The van der Waals surface area contributed by atoms with E-state index in [0.717, 1.165) is 27.8 Å². The van der Waals surface area contributed by atoms with Gasteiger partial charge in [0.1, 0.15) is 5.75 Å². The van der Waals surface area contributed by atoms with Crippen molar-refractivity contribution in [3.63, 3.8) is 0 Å². The highest BCUT2D eigenvalue weighted by atomic mass is 32.1. The van der Waals surface area contributed by atoms with Crippen molar-refractivity contribution in [2.24, 2.45) is 0 Å². The highest BCUT2D eigenvalue weighted by Crippen LogP contribution is 2.27. The molecule has 3 rings (SSSR count). The Bertz CT molecular complexity index is 770. The molecule has 0 radical (unpaired) electrons. The Morgan fingerprint density at radius 3 is 2.85 bits per heavy atom. The van der Waals surface area contributed by atoms with Crippen molar-refractivity contribution in [1.29, 1.82) is 0 Å². The molecule has 0 unspecified atom stereocenters. The molecule has 20 heavy (non-hydrogen) atoms. The number of carbonyl (C=O) groups excluding carboxylic acids is 1. The predicted octanol–water partition coefficient (Wildman–Crippen LogP) is 4.17. The van der Waals surface area contributed by atoms with Gasteiger partial charge in [-0.3, -0.25) is 4.79 Å². The molecule has 1 N–H and O–H groups in total. The number of rotatable bonds is 4. The van der Waals surface area contributed by atoms with Crippen LogP contribution in [0.1, 0.15) is 28.4 Å². The van der Waals surface area contributed by atoms with Crippen LogP contribution in [-0.4, -0.2) is 17.4 Å². The van der Waals surface area contributed by atoms with E-state index in [1.807, 2.05) is 42.8 Å². The Balaban J connectivity index is 2.09. The second-order valence-electron chi connectivity index (χ2n) is 4.64. The number of benzene rings is 1. The van der Waals surface area contributed by atoms with Gasteiger partial charge < -0.3 is 9.72 Å². The highest BCUT2D eigenvalue weighted by Gasteiger charge is 2.17. The lowest BCUT2D eigenvalue weighted by Crippen LogP contribution is -2.00. The van der Waals surface area contributed by atoms with Crippen molar-refractivity contribution in [1.82, 2.24) is 4.98 Å². The molecule has 0 aliphatic rings. The summed E-state index contributed by atoms with van der Waals surface area (Å²) in [7, 11) is 0. The van der Waals surface area contributed by atoms with E-state index in [-0.39, 0.29) is 5.78 Å². The average Bonchev–Trinajstić information content (AvgIpc) is 3.04. The Kier molecular flexibility index (Phi) is 3.32. The molecule has 2 heterocycles. The number of carbonyl (C=O) groups is 1. The minimum Gasteiger partial charge on any atom is -0.494 e. The summed E-state index contributed by atoms with van der Waals surface area (Å²) in [5.41, 5.74) is 3.45. The minimum atomic E-state index is 0.0589. The molecule has 0 amide bonds. The normalized spacial score (nSPS) is 10.9. The largest absolute Gasteiger partial charge is 0.494 e. The molecule has 0 atom stereocenters. The van der Waals surface area contributed by atoms with Gasteiger partial charge in [0.2, 0.25) is 0 Å². The minimum absolute atomic E-state index is 0.0589. The Hall–Kier alpha value is -2.07. The number of ketones is 1. The fourth-order valence-electron chi connectivity index (χ4n) is 2.28. The van der Waals surface area contributed by atoms with Crippen LogP contribution in [0, 0.1) is 6.92 Å². The summed E-state index contributed by atoms with van der Waals surface area (Å²) in [5, 5.41) is 4.81. The van der Waals surface area contributed by atoms with Crippen LogP contribution in [0.3, 0.4) is 0 Å². The standard InChI is InChI=1S/C16H15NO2S/c1-3-19-11-4-5-15-12(6-11)13(7-17-15)16(18)14-9-20-8-10(14)2/h4-9,17H,3H2,1-2H3. The number of hydrogen-bond donors (Lipinski definition) is 1. The van der Waals surface area contributed by atoms with Crippen molar-refractivity contribution in [2.45, 2.75) is 13.8 Å². The summed E-state index contributed by atoms with van der Waals surface area (Å²) in [6.07, 6.45) is 1.78. The number of aromatic nitrogens is 1. The zero-order valence-corrected chi connectivity index (χ0v) is 12.2. The number of fused-ring (bicyclic) bond motifs is 1. The van der Waals surface area contributed by atoms with E-state index in [1.165, 1.54) is 0 Å². The maximum absolute atomic E-state index is 12.6. The second kappa shape index (κ2) is 5.13. The van der Waals surface area contributed by atoms with Gasteiger partial charge in [0.15, 0.2) is 5.78 Å². The quantitative estimate of drug-likeness (QED) is 0.731. The van der Waals surface area contributed by atoms with Crippen LogP contribution >= 0.6 is 11.3 Å². The maximum Gasteiger partial charge on any atom is 0.196 e. The summed E-state index contributed by atoms with van der Waals surface area (Å²) >= 11 is 1.55. The Labute approximate surface area is 121 Å². The molecule has 0 fully saturated rings. The topological polar surface area (TPSA) is 42.1 Å². The fourth-order valence-corrected chi connectivity index (χ4v) is 3.11. The SMILES string of the molecule is CCOc1ccc2[nH]cc(C(=O)c3cscc3C)c2c1. The van der Waals surface area contributed by atoms with Gasteiger partial charge in [-0.1, -0.05) is 0 Å². The summed E-state index contributed by atoms with van der Waals surface area (Å²) in [6.45, 7) is 4.52. The van der Waals surface area contributed by atoms with Crippen LogP contribution in [0.5, 0.6) is 5.75 Å². The molecular formula is C16H15NO2S. The van der Waals surface area contributed by atoms with Gasteiger partial charge in [-0.25, -0.2) is 0 Å². The van der Waals surface area contributed by atoms with Crippen LogP contribution in [0.4, 0.5) is 0 Å². The van der Waals surface area contributed by atoms with Gasteiger partial charge in [0, 0.05) is 33.6 Å². The van der Waals surface area contributed by atoms with Gasteiger partial charge >= 0.3 is 0 Å². The van der Waals surface area contributed by atoms with E-state index in [4.69, 9.17) is 4.74 Å². The maximum atomic E-state index is 12.6. The molecule has 0 bridgehead atoms. The Morgan fingerprint density at radius 1 is 1.30 bits per heavy atom. The van der Waals surface area contributed by atoms with Crippen LogP contribution in [0.15, 0.2) is 35.2 Å². The van der Waals surface area contributed by atoms with Gasteiger partial charge in [0.25, 0.3) is 0 Å². The molecule has 4 heteroatoms. The molecule has 3 nitrogen and oxygen atoms in total. The zero-order chi connectivity index (χ0) is 14.1. The van der Waals surface area contributed by atoms with Gasteiger partial charge in [0.05, 0.1) is 6.61 Å². The first kappa shape index (κ1) is 12.9. The molecule has 0 saturated heterocycles. The average molecular weight is 285 g/mol. The molecule has 1 aromatic carbocycles. The molecule has 0 spiro atoms. The summed E-state index contributed by atoms with van der Waals surface area (Å²) in [4.78, 5) is 15.8. The third-order valence-electron chi connectivity index (χ3n) is 3.31. The predicted molar refractivity (Wildman–Crippen MR) is 82.0 cm³/mol. The van der Waals surface area contributed by atoms with Crippen molar-refractivity contribution >= 4 is 28.0 Å². The first-order valence-electron chi connectivity index (χ1n) is 6.52. The van der Waals surface area contributed by atoms with E-state index < -0.39 is 0 Å². The van der Waals surface area contributed by atoms with Crippen molar-refractivity contribution < 1.29 is 9.53 Å². The summed E-state index contributed by atoms with van der Waals surface area (Å²) in [5.74, 6) is 0.847. The third-order valence-corrected chi connectivity index (χ3v) is 4.17. The van der Waals surface area contributed by atoms with E-state index in [0.29, 0.717) is 12.2 Å². The summed E-state index contributed by atoms with van der Waals surface area (Å²) in [6, 6.07) is 5.77. The lowest BCUT2D eigenvalue weighted by molar-refractivity contribution is 0.104. The van der Waals surface area contributed by atoms with Gasteiger partial charge in [-0.05, 0) is 43.0 Å². The molecular weight excluding hydrogens is 270 g/mol. The van der Waals surface area contributed by atoms with E-state index >= 15 is 0 Å². The fraction of sp³-hybridized carbons (Fsp3) is 0.188. The number of aromatic amines is 1. The first-order chi connectivity index (χ1) is 9.70. The third kappa shape index (κ3) is 2.12. The lowest BCUT2D eigenvalue weighted by atomic mass is 10.0. The molecule has 0 aliphatic heterocycles. The summed E-state index contributed by atoms with van der Waals surface area (Å²) < 4.78 is 5.51. The number of ether oxygens (including phenoxy) is 1. The van der Waals surface area contributed by atoms with Crippen molar-refractivity contribution in [3.05, 3.63) is 51.8 Å². The molecule has 0 aliphatic carbocycles. The van der Waals surface area contributed by atoms with Crippen LogP contribution in [0.2, 0.25) is 0 Å². The molecule has 0 saturated carbocycles. The highest BCUT2D eigenvalue weighted by molar-refractivity contribution is 7.08. The second-order valence-corrected chi connectivity index (χ2v) is 5.38. The van der Waals surface area contributed by atoms with Crippen LogP contribution in [-0.2, 0) is 0 Å². The monoisotopic (exact) mass is 285 g/mol. The molecule has 102 valence electrons.